The van der Waals surface area contributed by atoms with Crippen LogP contribution in [0, 0.1) is 0 Å². The number of halogens is 1. The van der Waals surface area contributed by atoms with Crippen LogP contribution < -0.4 is 0 Å². The van der Waals surface area contributed by atoms with Crippen molar-refractivity contribution in [3.05, 3.63) is 41.1 Å². The van der Waals surface area contributed by atoms with Crippen LogP contribution in [0.2, 0.25) is 0 Å². The van der Waals surface area contributed by atoms with E-state index >= 15 is 0 Å². The van der Waals surface area contributed by atoms with Gasteiger partial charge in [-0.3, -0.25) is 4.98 Å². The molecule has 0 unspecified atom stereocenters. The first-order valence-electron chi connectivity index (χ1n) is 5.60. The third-order valence-electron chi connectivity index (χ3n) is 2.54. The maximum Gasteiger partial charge on any atom is 0.258 e. The fraction of sp³-hybridized carbons (Fsp3) is 0. The van der Waals surface area contributed by atoms with Gasteiger partial charge in [0.2, 0.25) is 5.82 Å². The Hall–Kier alpha value is -2.41. The molecule has 0 bridgehead atoms. The second-order valence-corrected chi connectivity index (χ2v) is 4.97. The summed E-state index contributed by atoms with van der Waals surface area (Å²) >= 11 is 3.32. The molecule has 0 saturated heterocycles. The number of hydrogen-bond acceptors (Lipinski definition) is 6. The highest BCUT2D eigenvalue weighted by molar-refractivity contribution is 9.10. The Morgan fingerprint density at radius 3 is 2.40 bits per heavy atom. The summed E-state index contributed by atoms with van der Waals surface area (Å²) < 4.78 is 5.93. The lowest BCUT2D eigenvalue weighted by Crippen LogP contribution is -1.83. The topological polar surface area (TPSA) is 92.3 Å². The van der Waals surface area contributed by atoms with Crippen molar-refractivity contribution < 1.29 is 14.7 Å². The maximum atomic E-state index is 9.45. The van der Waals surface area contributed by atoms with Gasteiger partial charge in [-0.05, 0) is 34.1 Å². The molecule has 20 heavy (non-hydrogen) atoms. The molecule has 2 heterocycles. The number of pyridine rings is 1. The molecule has 0 aliphatic heterocycles. The van der Waals surface area contributed by atoms with E-state index in [1.165, 1.54) is 18.2 Å². The molecule has 7 heteroatoms. The van der Waals surface area contributed by atoms with E-state index in [9.17, 15) is 10.2 Å². The molecule has 3 aromatic rings. The number of phenols is 2. The first-order valence-corrected chi connectivity index (χ1v) is 6.39. The van der Waals surface area contributed by atoms with Gasteiger partial charge in [-0.15, -0.1) is 0 Å². The second kappa shape index (κ2) is 4.93. The lowest BCUT2D eigenvalue weighted by atomic mass is 10.2. The molecule has 2 aromatic heterocycles. The van der Waals surface area contributed by atoms with Crippen LogP contribution in [0.1, 0.15) is 0 Å². The highest BCUT2D eigenvalue weighted by atomic mass is 79.9. The number of phenolic OH excluding ortho intramolecular Hbond substituents is 2. The minimum Gasteiger partial charge on any atom is -0.508 e. The van der Waals surface area contributed by atoms with E-state index in [-0.39, 0.29) is 17.4 Å². The molecule has 1 aromatic carbocycles. The molecule has 3 rings (SSSR count). The van der Waals surface area contributed by atoms with Crippen LogP contribution in [-0.2, 0) is 0 Å². The van der Waals surface area contributed by atoms with Crippen molar-refractivity contribution >= 4 is 15.9 Å². The summed E-state index contributed by atoms with van der Waals surface area (Å²) in [5.74, 6) is 0.413. The van der Waals surface area contributed by atoms with Gasteiger partial charge in [-0.25, -0.2) is 0 Å². The minimum absolute atomic E-state index is 0.0797. The highest BCUT2D eigenvalue weighted by Crippen LogP contribution is 2.29. The Morgan fingerprint density at radius 1 is 0.950 bits per heavy atom. The summed E-state index contributed by atoms with van der Waals surface area (Å²) in [5, 5.41) is 22.8. The Bertz CT molecular complexity index is 753. The lowest BCUT2D eigenvalue weighted by Gasteiger charge is -1.97. The summed E-state index contributed by atoms with van der Waals surface area (Å²) in [6.07, 6.45) is 3.26. The molecule has 100 valence electrons. The predicted molar refractivity (Wildman–Crippen MR) is 74.0 cm³/mol. The van der Waals surface area contributed by atoms with Crippen LogP contribution >= 0.6 is 15.9 Å². The SMILES string of the molecule is Oc1cc(O)cc(-c2nc(-c3cncc(Br)c3)no2)c1. The first kappa shape index (κ1) is 12.6. The smallest absolute Gasteiger partial charge is 0.258 e. The van der Waals surface area contributed by atoms with Crippen LogP contribution in [0.4, 0.5) is 0 Å². The molecule has 0 aliphatic rings. The fourth-order valence-electron chi connectivity index (χ4n) is 1.71. The van der Waals surface area contributed by atoms with Crippen LogP contribution in [0.5, 0.6) is 11.5 Å². The van der Waals surface area contributed by atoms with Crippen LogP contribution in [-0.4, -0.2) is 25.3 Å². The third kappa shape index (κ3) is 2.48. The van der Waals surface area contributed by atoms with Gasteiger partial charge < -0.3 is 14.7 Å². The van der Waals surface area contributed by atoms with E-state index in [2.05, 4.69) is 31.1 Å². The molecular formula is C13H8BrN3O3. The van der Waals surface area contributed by atoms with E-state index in [1.54, 1.807) is 12.4 Å². The number of nitrogens with zero attached hydrogens (tertiary/aromatic N) is 3. The minimum atomic E-state index is -0.0797. The molecule has 0 saturated carbocycles. The van der Waals surface area contributed by atoms with Crippen LogP contribution in [0.3, 0.4) is 0 Å². The highest BCUT2D eigenvalue weighted by Gasteiger charge is 2.12. The van der Waals surface area contributed by atoms with Gasteiger partial charge in [0.1, 0.15) is 11.5 Å². The summed E-state index contributed by atoms with van der Waals surface area (Å²) in [5.41, 5.74) is 1.13. The van der Waals surface area contributed by atoms with Crippen molar-refractivity contribution in [2.45, 2.75) is 0 Å². The Balaban J connectivity index is 2.02. The molecule has 0 aliphatic carbocycles. The number of aromatic hydroxyl groups is 2. The van der Waals surface area contributed by atoms with Crippen LogP contribution in [0.15, 0.2) is 45.7 Å². The van der Waals surface area contributed by atoms with Gasteiger partial charge >= 0.3 is 0 Å². The van der Waals surface area contributed by atoms with Gasteiger partial charge in [0, 0.05) is 34.1 Å². The zero-order chi connectivity index (χ0) is 14.1. The average molecular weight is 334 g/mol. The predicted octanol–water partition coefficient (Wildman–Crippen LogP) is 2.97. The first-order chi connectivity index (χ1) is 9.61. The average Bonchev–Trinajstić information content (AvgIpc) is 2.87. The third-order valence-corrected chi connectivity index (χ3v) is 2.97. The number of hydrogen-bond donors (Lipinski definition) is 2. The molecule has 0 radical (unpaired) electrons. The summed E-state index contributed by atoms with van der Waals surface area (Å²) in [6.45, 7) is 0. The van der Waals surface area contributed by atoms with Crippen molar-refractivity contribution in [3.8, 4) is 34.3 Å². The van der Waals surface area contributed by atoms with E-state index < -0.39 is 0 Å². The van der Waals surface area contributed by atoms with E-state index in [4.69, 9.17) is 4.52 Å². The van der Waals surface area contributed by atoms with Gasteiger partial charge in [0.05, 0.1) is 0 Å². The molecule has 0 atom stereocenters. The van der Waals surface area contributed by atoms with Gasteiger partial charge in [0.15, 0.2) is 0 Å². The monoisotopic (exact) mass is 333 g/mol. The molecule has 0 spiro atoms. The quantitative estimate of drug-likeness (QED) is 0.748. The van der Waals surface area contributed by atoms with Crippen molar-refractivity contribution in [2.75, 3.05) is 0 Å². The van der Waals surface area contributed by atoms with E-state index in [1.807, 2.05) is 6.07 Å². The lowest BCUT2D eigenvalue weighted by molar-refractivity contribution is 0.428. The Kier molecular flexibility index (Phi) is 3.11. The largest absolute Gasteiger partial charge is 0.508 e. The molecule has 6 nitrogen and oxygen atoms in total. The van der Waals surface area contributed by atoms with Crippen molar-refractivity contribution in [2.24, 2.45) is 0 Å². The van der Waals surface area contributed by atoms with Gasteiger partial charge in [-0.2, -0.15) is 4.98 Å². The van der Waals surface area contributed by atoms with Crippen molar-refractivity contribution in [1.29, 1.82) is 0 Å². The standard InChI is InChI=1S/C13H8BrN3O3/c14-9-1-8(5-15-6-9)12-16-13(20-17-12)7-2-10(18)4-11(19)3-7/h1-6,18-19H. The summed E-state index contributed by atoms with van der Waals surface area (Å²) in [7, 11) is 0. The maximum absolute atomic E-state index is 9.45. The normalized spacial score (nSPS) is 10.7. The zero-order valence-corrected chi connectivity index (χ0v) is 11.6. The summed E-state index contributed by atoms with van der Waals surface area (Å²) in [4.78, 5) is 8.24. The molecular weight excluding hydrogens is 326 g/mol. The fourth-order valence-corrected chi connectivity index (χ4v) is 2.08. The van der Waals surface area contributed by atoms with Crippen LogP contribution in [0.25, 0.3) is 22.8 Å². The molecule has 0 amide bonds. The molecule has 0 fully saturated rings. The zero-order valence-electron chi connectivity index (χ0n) is 9.99. The number of benzene rings is 1. The summed E-state index contributed by atoms with van der Waals surface area (Å²) in [6, 6.07) is 5.88. The Morgan fingerprint density at radius 2 is 1.70 bits per heavy atom. The molecule has 2 N–H and O–H groups in total. The van der Waals surface area contributed by atoms with E-state index in [0.717, 1.165) is 4.47 Å². The van der Waals surface area contributed by atoms with Gasteiger partial charge in [-0.1, -0.05) is 5.16 Å². The van der Waals surface area contributed by atoms with E-state index in [0.29, 0.717) is 17.0 Å². The Labute approximate surface area is 121 Å². The number of aromatic nitrogens is 3. The van der Waals surface area contributed by atoms with Gasteiger partial charge in [0.25, 0.3) is 5.89 Å². The van der Waals surface area contributed by atoms with Crippen molar-refractivity contribution in [3.63, 3.8) is 0 Å². The second-order valence-electron chi connectivity index (χ2n) is 4.05. The number of rotatable bonds is 2. The van der Waals surface area contributed by atoms with Crippen molar-refractivity contribution in [1.82, 2.24) is 15.1 Å².